The summed E-state index contributed by atoms with van der Waals surface area (Å²) >= 11 is 5.52. The minimum absolute atomic E-state index is 0.0791. The molecule has 0 saturated carbocycles. The number of amides is 1. The van der Waals surface area contributed by atoms with Gasteiger partial charge in [0.05, 0.1) is 11.8 Å². The van der Waals surface area contributed by atoms with E-state index in [4.69, 9.17) is 11.6 Å². The third-order valence-corrected chi connectivity index (χ3v) is 2.12. The lowest BCUT2D eigenvalue weighted by Gasteiger charge is -2.01. The van der Waals surface area contributed by atoms with E-state index in [-0.39, 0.29) is 5.91 Å². The Balaban J connectivity index is 2.10. The van der Waals surface area contributed by atoms with E-state index in [0.29, 0.717) is 18.0 Å². The number of aromatic nitrogens is 2. The number of hydrogen-bond acceptors (Lipinski definition) is 2. The summed E-state index contributed by atoms with van der Waals surface area (Å²) in [6.45, 7) is 0.695. The molecular weight excluding hydrogens is 202 g/mol. The standard InChI is InChI=1S/C9H14ClN3O/c10-4-2-1-3-5-11-9(14)8-6-12-13-7-8/h6-7H,1-5H2,(H,11,14)(H,12,13). The number of halogens is 1. The zero-order chi connectivity index (χ0) is 10.2. The Hall–Kier alpha value is -1.03. The summed E-state index contributed by atoms with van der Waals surface area (Å²) in [4.78, 5) is 11.3. The lowest BCUT2D eigenvalue weighted by Crippen LogP contribution is -2.23. The average Bonchev–Trinajstić information content (AvgIpc) is 2.70. The number of rotatable bonds is 6. The molecule has 0 fully saturated rings. The van der Waals surface area contributed by atoms with Gasteiger partial charge >= 0.3 is 0 Å². The van der Waals surface area contributed by atoms with E-state index in [0.717, 1.165) is 19.3 Å². The number of alkyl halides is 1. The Labute approximate surface area is 88.0 Å². The number of carbonyl (C=O) groups is 1. The molecule has 1 heterocycles. The van der Waals surface area contributed by atoms with Crippen molar-refractivity contribution < 1.29 is 4.79 Å². The molecule has 1 amide bonds. The smallest absolute Gasteiger partial charge is 0.254 e. The molecule has 1 aromatic heterocycles. The minimum Gasteiger partial charge on any atom is -0.352 e. The van der Waals surface area contributed by atoms with Crippen LogP contribution in [0.1, 0.15) is 29.6 Å². The first-order valence-electron chi connectivity index (χ1n) is 4.67. The molecular formula is C9H14ClN3O. The van der Waals surface area contributed by atoms with Gasteiger partial charge in [0, 0.05) is 18.6 Å². The summed E-state index contributed by atoms with van der Waals surface area (Å²) < 4.78 is 0. The van der Waals surface area contributed by atoms with Gasteiger partial charge in [-0.15, -0.1) is 11.6 Å². The predicted octanol–water partition coefficient (Wildman–Crippen LogP) is 1.55. The summed E-state index contributed by atoms with van der Waals surface area (Å²) in [5, 5.41) is 9.09. The molecule has 1 rings (SSSR count). The topological polar surface area (TPSA) is 57.8 Å². The van der Waals surface area contributed by atoms with Gasteiger partial charge < -0.3 is 5.32 Å². The Kier molecular flexibility index (Phi) is 5.07. The Morgan fingerprint density at radius 2 is 2.36 bits per heavy atom. The summed E-state index contributed by atoms with van der Waals surface area (Å²) in [7, 11) is 0. The summed E-state index contributed by atoms with van der Waals surface area (Å²) in [5.74, 6) is 0.611. The summed E-state index contributed by atoms with van der Waals surface area (Å²) in [6, 6.07) is 0. The van der Waals surface area contributed by atoms with Crippen LogP contribution < -0.4 is 5.32 Å². The van der Waals surface area contributed by atoms with Crippen LogP contribution in [0.3, 0.4) is 0 Å². The minimum atomic E-state index is -0.0791. The first-order chi connectivity index (χ1) is 6.84. The Morgan fingerprint density at radius 3 is 3.00 bits per heavy atom. The highest BCUT2D eigenvalue weighted by atomic mass is 35.5. The molecule has 0 bridgehead atoms. The average molecular weight is 216 g/mol. The lowest BCUT2D eigenvalue weighted by molar-refractivity contribution is 0.0953. The maximum Gasteiger partial charge on any atom is 0.254 e. The molecule has 5 heteroatoms. The highest BCUT2D eigenvalue weighted by molar-refractivity contribution is 6.17. The molecule has 0 spiro atoms. The molecule has 0 aromatic carbocycles. The van der Waals surface area contributed by atoms with Crippen LogP contribution in [-0.4, -0.2) is 28.5 Å². The maximum atomic E-state index is 11.3. The number of aromatic amines is 1. The van der Waals surface area contributed by atoms with Crippen LogP contribution in [0, 0.1) is 0 Å². The SMILES string of the molecule is O=C(NCCCCCCl)c1cn[nH]c1. The van der Waals surface area contributed by atoms with Gasteiger partial charge in [0.15, 0.2) is 0 Å². The van der Waals surface area contributed by atoms with E-state index >= 15 is 0 Å². The molecule has 0 aliphatic rings. The first-order valence-corrected chi connectivity index (χ1v) is 5.21. The van der Waals surface area contributed by atoms with Crippen molar-refractivity contribution in [1.82, 2.24) is 15.5 Å². The molecule has 0 radical (unpaired) electrons. The number of hydrogen-bond donors (Lipinski definition) is 2. The number of nitrogens with zero attached hydrogens (tertiary/aromatic N) is 1. The van der Waals surface area contributed by atoms with E-state index in [1.807, 2.05) is 0 Å². The maximum absolute atomic E-state index is 11.3. The molecule has 0 aliphatic heterocycles. The van der Waals surface area contributed by atoms with E-state index in [1.54, 1.807) is 6.20 Å². The van der Waals surface area contributed by atoms with E-state index < -0.39 is 0 Å². The largest absolute Gasteiger partial charge is 0.352 e. The van der Waals surface area contributed by atoms with E-state index in [1.165, 1.54) is 6.20 Å². The fourth-order valence-corrected chi connectivity index (χ4v) is 1.26. The number of carbonyl (C=O) groups excluding carboxylic acids is 1. The van der Waals surface area contributed by atoms with Crippen LogP contribution in [0.25, 0.3) is 0 Å². The van der Waals surface area contributed by atoms with Gasteiger partial charge in [-0.25, -0.2) is 0 Å². The van der Waals surface area contributed by atoms with Gasteiger partial charge in [-0.3, -0.25) is 9.89 Å². The monoisotopic (exact) mass is 215 g/mol. The van der Waals surface area contributed by atoms with Crippen molar-refractivity contribution in [3.63, 3.8) is 0 Å². The van der Waals surface area contributed by atoms with Gasteiger partial charge in [0.2, 0.25) is 0 Å². The second kappa shape index (κ2) is 6.43. The second-order valence-corrected chi connectivity index (χ2v) is 3.37. The Morgan fingerprint density at radius 1 is 1.50 bits per heavy atom. The molecule has 1 aromatic rings. The Bertz CT molecular complexity index is 261. The van der Waals surface area contributed by atoms with Crippen molar-refractivity contribution in [1.29, 1.82) is 0 Å². The first kappa shape index (κ1) is 11.0. The van der Waals surface area contributed by atoms with Crippen LogP contribution in [0.2, 0.25) is 0 Å². The van der Waals surface area contributed by atoms with Gasteiger partial charge in [-0.05, 0) is 12.8 Å². The molecule has 0 aliphatic carbocycles. The molecule has 14 heavy (non-hydrogen) atoms. The normalized spacial score (nSPS) is 10.1. The van der Waals surface area contributed by atoms with Crippen molar-refractivity contribution in [3.8, 4) is 0 Å². The van der Waals surface area contributed by atoms with Crippen molar-refractivity contribution in [2.75, 3.05) is 12.4 Å². The predicted molar refractivity (Wildman–Crippen MR) is 55.5 cm³/mol. The number of nitrogens with one attached hydrogen (secondary N) is 2. The van der Waals surface area contributed by atoms with Crippen LogP contribution >= 0.6 is 11.6 Å². The number of unbranched alkanes of at least 4 members (excludes halogenated alkanes) is 2. The third kappa shape index (κ3) is 3.79. The zero-order valence-corrected chi connectivity index (χ0v) is 8.68. The number of H-pyrrole nitrogens is 1. The van der Waals surface area contributed by atoms with Crippen LogP contribution in [-0.2, 0) is 0 Å². The van der Waals surface area contributed by atoms with Crippen LogP contribution in [0.5, 0.6) is 0 Å². The van der Waals surface area contributed by atoms with Gasteiger partial charge in [-0.1, -0.05) is 6.42 Å². The van der Waals surface area contributed by atoms with E-state index in [9.17, 15) is 4.79 Å². The molecule has 2 N–H and O–H groups in total. The third-order valence-electron chi connectivity index (χ3n) is 1.86. The van der Waals surface area contributed by atoms with Crippen molar-refractivity contribution in [3.05, 3.63) is 18.0 Å². The fraction of sp³-hybridized carbons (Fsp3) is 0.556. The molecule has 4 nitrogen and oxygen atoms in total. The van der Waals surface area contributed by atoms with Crippen LogP contribution in [0.4, 0.5) is 0 Å². The lowest BCUT2D eigenvalue weighted by atomic mass is 10.2. The fourth-order valence-electron chi connectivity index (χ4n) is 1.08. The van der Waals surface area contributed by atoms with Crippen molar-refractivity contribution in [2.24, 2.45) is 0 Å². The summed E-state index contributed by atoms with van der Waals surface area (Å²) in [5.41, 5.74) is 0.572. The second-order valence-electron chi connectivity index (χ2n) is 2.99. The van der Waals surface area contributed by atoms with Gasteiger partial charge in [0.1, 0.15) is 0 Å². The quantitative estimate of drug-likeness (QED) is 0.559. The molecule has 0 unspecified atom stereocenters. The van der Waals surface area contributed by atoms with Gasteiger partial charge in [0.25, 0.3) is 5.91 Å². The molecule has 0 saturated heterocycles. The van der Waals surface area contributed by atoms with Crippen molar-refractivity contribution >= 4 is 17.5 Å². The highest BCUT2D eigenvalue weighted by Crippen LogP contribution is 1.97. The van der Waals surface area contributed by atoms with Gasteiger partial charge in [-0.2, -0.15) is 5.10 Å². The van der Waals surface area contributed by atoms with Crippen LogP contribution in [0.15, 0.2) is 12.4 Å². The molecule has 78 valence electrons. The van der Waals surface area contributed by atoms with E-state index in [2.05, 4.69) is 15.5 Å². The zero-order valence-electron chi connectivity index (χ0n) is 7.92. The highest BCUT2D eigenvalue weighted by Gasteiger charge is 2.04. The summed E-state index contributed by atoms with van der Waals surface area (Å²) in [6.07, 6.45) is 6.11. The van der Waals surface area contributed by atoms with Crippen molar-refractivity contribution in [2.45, 2.75) is 19.3 Å². The molecule has 0 atom stereocenters.